The van der Waals surface area contributed by atoms with Crippen molar-refractivity contribution in [2.75, 3.05) is 7.11 Å². The molecule has 1 aliphatic heterocycles. The van der Waals surface area contributed by atoms with Crippen molar-refractivity contribution in [3.05, 3.63) is 12.8 Å². The molecule has 0 aromatic heterocycles. The normalized spacial score (nSPS) is 34.2. The Balaban J connectivity index is 1.96. The van der Waals surface area contributed by atoms with Crippen LogP contribution in [-0.2, 0) is 9.47 Å². The van der Waals surface area contributed by atoms with E-state index in [0.717, 1.165) is 19.3 Å². The number of carbonyl (C=O) groups is 1. The van der Waals surface area contributed by atoms with Crippen LogP contribution in [0.25, 0.3) is 0 Å². The minimum absolute atomic E-state index is 0.198. The second-order valence-corrected chi connectivity index (χ2v) is 3.74. The number of epoxide rings is 1. The van der Waals surface area contributed by atoms with Gasteiger partial charge in [-0.25, -0.2) is 4.79 Å². The molecule has 1 heterocycles. The average Bonchev–Trinajstić information content (AvgIpc) is 2.96. The van der Waals surface area contributed by atoms with E-state index < -0.39 is 0 Å². The molecule has 1 aliphatic carbocycles. The Hall–Kier alpha value is -1.03. The van der Waals surface area contributed by atoms with E-state index >= 15 is 0 Å². The fourth-order valence-electron chi connectivity index (χ4n) is 2.11. The predicted molar refractivity (Wildman–Crippen MR) is 50.7 cm³/mol. The second-order valence-electron chi connectivity index (χ2n) is 3.74. The van der Waals surface area contributed by atoms with Gasteiger partial charge in [-0.2, -0.15) is 0 Å². The van der Waals surface area contributed by atoms with Crippen molar-refractivity contribution in [3.8, 4) is 0 Å². The number of fused-ring (bicyclic) bond motifs is 1. The molecule has 0 spiro atoms. The molecule has 3 unspecified atom stereocenters. The topological polar surface area (TPSA) is 42.1 Å². The number of ether oxygens (including phenoxy) is 2. The third kappa shape index (κ3) is 1.62. The van der Waals surface area contributed by atoms with Crippen LogP contribution in [0, 0.1) is 0 Å². The van der Waals surface area contributed by atoms with Crippen LogP contribution in [0.15, 0.2) is 12.8 Å². The van der Waals surface area contributed by atoms with Crippen molar-refractivity contribution in [1.29, 1.82) is 0 Å². The predicted octanol–water partition coefficient (Wildman–Crippen LogP) is 1.52. The van der Waals surface area contributed by atoms with Gasteiger partial charge in [0.2, 0.25) is 0 Å². The van der Waals surface area contributed by atoms with E-state index in [2.05, 4.69) is 11.3 Å². The lowest BCUT2D eigenvalue weighted by Gasteiger charge is -2.28. The Kier molecular flexibility index (Phi) is 2.46. The SMILES string of the molecule is C=CN(C(=O)OC)C1CCC2OC2C1. The molecular formula is C10H15NO3. The van der Waals surface area contributed by atoms with E-state index in [0.29, 0.717) is 12.2 Å². The molecule has 78 valence electrons. The van der Waals surface area contributed by atoms with Crippen molar-refractivity contribution < 1.29 is 14.3 Å². The first-order chi connectivity index (χ1) is 6.76. The van der Waals surface area contributed by atoms with Crippen molar-refractivity contribution in [2.24, 2.45) is 0 Å². The Morgan fingerprint density at radius 1 is 1.57 bits per heavy atom. The van der Waals surface area contributed by atoms with Crippen LogP contribution in [0.5, 0.6) is 0 Å². The Bertz CT molecular complexity index is 254. The first kappa shape index (κ1) is 9.52. The van der Waals surface area contributed by atoms with Gasteiger partial charge in [0, 0.05) is 12.2 Å². The minimum Gasteiger partial charge on any atom is -0.452 e. The molecule has 2 rings (SSSR count). The van der Waals surface area contributed by atoms with Gasteiger partial charge in [0.15, 0.2) is 0 Å². The van der Waals surface area contributed by atoms with Gasteiger partial charge in [0.25, 0.3) is 0 Å². The molecular weight excluding hydrogens is 182 g/mol. The number of nitrogens with zero attached hydrogens (tertiary/aromatic N) is 1. The van der Waals surface area contributed by atoms with E-state index in [9.17, 15) is 4.79 Å². The molecule has 0 aromatic rings. The summed E-state index contributed by atoms with van der Waals surface area (Å²) in [7, 11) is 1.39. The zero-order chi connectivity index (χ0) is 10.1. The van der Waals surface area contributed by atoms with Gasteiger partial charge in [-0.3, -0.25) is 4.90 Å². The van der Waals surface area contributed by atoms with Crippen LogP contribution < -0.4 is 0 Å². The molecule has 1 saturated heterocycles. The molecule has 2 fully saturated rings. The molecule has 1 amide bonds. The van der Waals surface area contributed by atoms with Crippen LogP contribution in [0.2, 0.25) is 0 Å². The molecule has 14 heavy (non-hydrogen) atoms. The summed E-state index contributed by atoms with van der Waals surface area (Å²) < 4.78 is 10.1. The fraction of sp³-hybridized carbons (Fsp3) is 0.700. The maximum Gasteiger partial charge on any atom is 0.413 e. The summed E-state index contributed by atoms with van der Waals surface area (Å²) in [5.74, 6) is 0. The van der Waals surface area contributed by atoms with Gasteiger partial charge < -0.3 is 9.47 Å². The van der Waals surface area contributed by atoms with E-state index in [1.54, 1.807) is 11.1 Å². The van der Waals surface area contributed by atoms with Crippen LogP contribution in [0.3, 0.4) is 0 Å². The minimum atomic E-state index is -0.330. The molecule has 4 heteroatoms. The van der Waals surface area contributed by atoms with Crippen molar-refractivity contribution in [1.82, 2.24) is 4.90 Å². The number of hydrogen-bond acceptors (Lipinski definition) is 3. The standard InChI is InChI=1S/C10H15NO3/c1-3-11(10(12)13-2)7-4-5-8-9(6-7)14-8/h3,7-9H,1,4-6H2,2H3. The maximum atomic E-state index is 11.4. The first-order valence-corrected chi connectivity index (χ1v) is 4.90. The summed E-state index contributed by atoms with van der Waals surface area (Å²) in [6, 6.07) is 0.198. The van der Waals surface area contributed by atoms with Gasteiger partial charge >= 0.3 is 6.09 Å². The second kappa shape index (κ2) is 3.61. The molecule has 0 aromatic carbocycles. The third-order valence-corrected chi connectivity index (χ3v) is 2.95. The lowest BCUT2D eigenvalue weighted by atomic mass is 9.95. The van der Waals surface area contributed by atoms with E-state index in [1.165, 1.54) is 7.11 Å². The summed E-state index contributed by atoms with van der Waals surface area (Å²) in [6.07, 6.45) is 4.95. The Labute approximate surface area is 83.5 Å². The average molecular weight is 197 g/mol. The third-order valence-electron chi connectivity index (χ3n) is 2.95. The van der Waals surface area contributed by atoms with Crippen molar-refractivity contribution >= 4 is 6.09 Å². The van der Waals surface area contributed by atoms with Gasteiger partial charge in [-0.1, -0.05) is 6.58 Å². The smallest absolute Gasteiger partial charge is 0.413 e. The highest BCUT2D eigenvalue weighted by atomic mass is 16.6. The Morgan fingerprint density at radius 3 is 2.93 bits per heavy atom. The molecule has 1 saturated carbocycles. The maximum absolute atomic E-state index is 11.4. The largest absolute Gasteiger partial charge is 0.452 e. The zero-order valence-corrected chi connectivity index (χ0v) is 8.31. The van der Waals surface area contributed by atoms with E-state index in [1.807, 2.05) is 0 Å². The van der Waals surface area contributed by atoms with Gasteiger partial charge in [0.1, 0.15) is 0 Å². The number of carbonyl (C=O) groups excluding carboxylic acids is 1. The van der Waals surface area contributed by atoms with Crippen molar-refractivity contribution in [2.45, 2.75) is 37.5 Å². The van der Waals surface area contributed by atoms with Crippen LogP contribution in [0.1, 0.15) is 19.3 Å². The molecule has 0 N–H and O–H groups in total. The number of rotatable bonds is 2. The number of hydrogen-bond donors (Lipinski definition) is 0. The lowest BCUT2D eigenvalue weighted by molar-refractivity contribution is 0.119. The quantitative estimate of drug-likeness (QED) is 0.630. The van der Waals surface area contributed by atoms with Crippen LogP contribution in [0.4, 0.5) is 4.79 Å². The number of amides is 1. The summed E-state index contributed by atoms with van der Waals surface area (Å²) in [4.78, 5) is 12.9. The van der Waals surface area contributed by atoms with Gasteiger partial charge in [0.05, 0.1) is 19.3 Å². The number of methoxy groups -OCH3 is 1. The lowest BCUT2D eigenvalue weighted by Crippen LogP contribution is -2.38. The first-order valence-electron chi connectivity index (χ1n) is 4.90. The molecule has 0 bridgehead atoms. The van der Waals surface area contributed by atoms with E-state index in [4.69, 9.17) is 4.74 Å². The summed E-state index contributed by atoms with van der Waals surface area (Å²) in [6.45, 7) is 3.63. The van der Waals surface area contributed by atoms with Gasteiger partial charge in [-0.05, 0) is 19.3 Å². The van der Waals surface area contributed by atoms with Crippen molar-refractivity contribution in [3.63, 3.8) is 0 Å². The van der Waals surface area contributed by atoms with Gasteiger partial charge in [-0.15, -0.1) is 0 Å². The fourth-order valence-corrected chi connectivity index (χ4v) is 2.11. The highest BCUT2D eigenvalue weighted by Crippen LogP contribution is 2.38. The Morgan fingerprint density at radius 2 is 2.36 bits per heavy atom. The van der Waals surface area contributed by atoms with Crippen LogP contribution >= 0.6 is 0 Å². The highest BCUT2D eigenvalue weighted by Gasteiger charge is 2.45. The van der Waals surface area contributed by atoms with E-state index in [-0.39, 0.29) is 12.1 Å². The molecule has 3 atom stereocenters. The highest BCUT2D eigenvalue weighted by molar-refractivity contribution is 5.69. The zero-order valence-electron chi connectivity index (χ0n) is 8.31. The summed E-state index contributed by atoms with van der Waals surface area (Å²) >= 11 is 0. The molecule has 4 nitrogen and oxygen atoms in total. The summed E-state index contributed by atoms with van der Waals surface area (Å²) in [5, 5.41) is 0. The molecule has 2 aliphatic rings. The molecule has 0 radical (unpaired) electrons. The monoisotopic (exact) mass is 197 g/mol. The summed E-state index contributed by atoms with van der Waals surface area (Å²) in [5.41, 5.74) is 0. The van der Waals surface area contributed by atoms with Crippen LogP contribution in [-0.4, -0.2) is 36.4 Å².